The third kappa shape index (κ3) is 3.59. The molecule has 0 saturated heterocycles. The van der Waals surface area contributed by atoms with Crippen molar-refractivity contribution in [3.63, 3.8) is 0 Å². The molecule has 0 bridgehead atoms. The van der Waals surface area contributed by atoms with E-state index in [9.17, 15) is 18.5 Å². The molecule has 0 spiro atoms. The summed E-state index contributed by atoms with van der Waals surface area (Å²) >= 11 is 0. The van der Waals surface area contributed by atoms with E-state index in [1.54, 1.807) is 32.8 Å². The highest BCUT2D eigenvalue weighted by molar-refractivity contribution is 7.92. The van der Waals surface area contributed by atoms with Crippen molar-refractivity contribution < 1.29 is 13.3 Å². The molecule has 0 radical (unpaired) electrons. The maximum absolute atomic E-state index is 12.5. The van der Waals surface area contributed by atoms with E-state index in [1.807, 2.05) is 0 Å². The Hall–Kier alpha value is -2.75. The van der Waals surface area contributed by atoms with Crippen molar-refractivity contribution in [2.45, 2.75) is 18.7 Å². The number of hydrogen-bond acceptors (Lipinski definition) is 7. The van der Waals surface area contributed by atoms with Crippen LogP contribution in [0.5, 0.6) is 0 Å². The number of hydrogen-bond donors (Lipinski definition) is 1. The van der Waals surface area contributed by atoms with Crippen LogP contribution in [-0.2, 0) is 10.0 Å². The van der Waals surface area contributed by atoms with Gasteiger partial charge in [-0.05, 0) is 19.9 Å². The average Bonchev–Trinajstić information content (AvgIpc) is 2.50. The van der Waals surface area contributed by atoms with Gasteiger partial charge in [-0.1, -0.05) is 6.07 Å². The van der Waals surface area contributed by atoms with Gasteiger partial charge in [0.25, 0.3) is 15.7 Å². The summed E-state index contributed by atoms with van der Waals surface area (Å²) in [5.74, 6) is 0.461. The molecule has 2 aromatic rings. The third-order valence-corrected chi connectivity index (χ3v) is 4.58. The van der Waals surface area contributed by atoms with Gasteiger partial charge in [-0.15, -0.1) is 0 Å². The number of benzene rings is 1. The van der Waals surface area contributed by atoms with Crippen molar-refractivity contribution in [1.29, 1.82) is 0 Å². The molecular formula is C14H17N5O4S. The number of sulfonamides is 1. The van der Waals surface area contributed by atoms with Crippen molar-refractivity contribution in [1.82, 2.24) is 9.97 Å². The second-order valence-electron chi connectivity index (χ2n) is 5.32. The number of aryl methyl sites for hydroxylation is 2. The second-order valence-corrected chi connectivity index (χ2v) is 7.01. The zero-order valence-corrected chi connectivity index (χ0v) is 14.5. The first-order valence-corrected chi connectivity index (χ1v) is 8.40. The zero-order valence-electron chi connectivity index (χ0n) is 13.6. The van der Waals surface area contributed by atoms with Crippen LogP contribution in [0.2, 0.25) is 0 Å². The molecule has 1 N–H and O–H groups in total. The van der Waals surface area contributed by atoms with Crippen molar-refractivity contribution in [2.24, 2.45) is 0 Å². The standard InChI is InChI=1S/C14H17N5O4S/c1-9-13(10(2)16-14(15-9)18(3)4)17-24(22,23)12-7-5-6-11(8-12)19(20)21/h5-8,17H,1-4H3. The highest BCUT2D eigenvalue weighted by Crippen LogP contribution is 2.24. The number of nitro benzene ring substituents is 1. The number of aromatic nitrogens is 2. The van der Waals surface area contributed by atoms with Crippen LogP contribution in [0, 0.1) is 24.0 Å². The molecule has 0 amide bonds. The highest BCUT2D eigenvalue weighted by Gasteiger charge is 2.21. The lowest BCUT2D eigenvalue weighted by molar-refractivity contribution is -0.385. The summed E-state index contributed by atoms with van der Waals surface area (Å²) in [4.78, 5) is 20.1. The van der Waals surface area contributed by atoms with E-state index in [-0.39, 0.29) is 16.3 Å². The van der Waals surface area contributed by atoms with Gasteiger partial charge in [-0.25, -0.2) is 18.4 Å². The Kier molecular flexibility index (Phi) is 4.69. The van der Waals surface area contributed by atoms with Gasteiger partial charge in [0.2, 0.25) is 5.95 Å². The first-order chi connectivity index (χ1) is 11.1. The lowest BCUT2D eigenvalue weighted by atomic mass is 10.3. The maximum Gasteiger partial charge on any atom is 0.270 e. The normalized spacial score (nSPS) is 11.2. The topological polar surface area (TPSA) is 118 Å². The Morgan fingerprint density at radius 3 is 2.25 bits per heavy atom. The van der Waals surface area contributed by atoms with Crippen LogP contribution in [0.15, 0.2) is 29.2 Å². The van der Waals surface area contributed by atoms with Crippen LogP contribution in [0.1, 0.15) is 11.4 Å². The molecule has 10 heteroatoms. The van der Waals surface area contributed by atoms with Crippen molar-refractivity contribution in [3.05, 3.63) is 45.8 Å². The fourth-order valence-corrected chi connectivity index (χ4v) is 3.22. The van der Waals surface area contributed by atoms with Crippen LogP contribution in [0.3, 0.4) is 0 Å². The summed E-state index contributed by atoms with van der Waals surface area (Å²) in [5, 5.41) is 10.8. The zero-order chi connectivity index (χ0) is 18.1. The van der Waals surface area contributed by atoms with Gasteiger partial charge in [-0.3, -0.25) is 14.8 Å². The van der Waals surface area contributed by atoms with E-state index in [2.05, 4.69) is 14.7 Å². The van der Waals surface area contributed by atoms with Gasteiger partial charge >= 0.3 is 0 Å². The largest absolute Gasteiger partial charge is 0.347 e. The third-order valence-electron chi connectivity index (χ3n) is 3.23. The molecule has 1 aromatic carbocycles. The van der Waals surface area contributed by atoms with Gasteiger partial charge in [0.1, 0.15) is 0 Å². The monoisotopic (exact) mass is 351 g/mol. The smallest absolute Gasteiger partial charge is 0.270 e. The number of rotatable bonds is 5. The molecule has 9 nitrogen and oxygen atoms in total. The number of nitro groups is 1. The van der Waals surface area contributed by atoms with Gasteiger partial charge in [0.05, 0.1) is 26.9 Å². The number of non-ortho nitro benzene ring substituents is 1. The highest BCUT2D eigenvalue weighted by atomic mass is 32.2. The van der Waals surface area contributed by atoms with Crippen LogP contribution in [-0.4, -0.2) is 37.4 Å². The van der Waals surface area contributed by atoms with E-state index >= 15 is 0 Å². The summed E-state index contributed by atoms with van der Waals surface area (Å²) in [7, 11) is -0.438. The first-order valence-electron chi connectivity index (χ1n) is 6.91. The van der Waals surface area contributed by atoms with E-state index in [4.69, 9.17) is 0 Å². The minimum atomic E-state index is -4.00. The number of nitrogens with zero attached hydrogens (tertiary/aromatic N) is 4. The molecule has 128 valence electrons. The summed E-state index contributed by atoms with van der Waals surface area (Å²) in [6, 6.07) is 4.83. The van der Waals surface area contributed by atoms with Gasteiger partial charge in [0.15, 0.2) is 0 Å². The van der Waals surface area contributed by atoms with Gasteiger partial charge in [-0.2, -0.15) is 0 Å². The van der Waals surface area contributed by atoms with E-state index in [0.29, 0.717) is 17.3 Å². The SMILES string of the molecule is Cc1nc(N(C)C)nc(C)c1NS(=O)(=O)c1cccc([N+](=O)[O-])c1. The van der Waals surface area contributed by atoms with Crippen molar-refractivity contribution >= 4 is 27.3 Å². The molecule has 0 atom stereocenters. The van der Waals surface area contributed by atoms with Crippen molar-refractivity contribution in [3.8, 4) is 0 Å². The molecule has 0 saturated carbocycles. The molecule has 0 fully saturated rings. The van der Waals surface area contributed by atoms with Crippen LogP contribution < -0.4 is 9.62 Å². The van der Waals surface area contributed by atoms with Gasteiger partial charge in [0, 0.05) is 26.2 Å². The predicted octanol–water partition coefficient (Wildman–Crippen LogP) is 1.87. The minimum absolute atomic E-state index is 0.202. The number of anilines is 2. The molecule has 0 aliphatic heterocycles. The van der Waals surface area contributed by atoms with E-state index in [0.717, 1.165) is 6.07 Å². The van der Waals surface area contributed by atoms with Gasteiger partial charge < -0.3 is 4.90 Å². The van der Waals surface area contributed by atoms with E-state index < -0.39 is 14.9 Å². The summed E-state index contributed by atoms with van der Waals surface area (Å²) in [6.45, 7) is 3.32. The molecule has 0 aliphatic carbocycles. The summed E-state index contributed by atoms with van der Waals surface area (Å²) < 4.78 is 27.4. The molecule has 1 heterocycles. The Bertz CT molecular complexity index is 873. The molecule has 2 rings (SSSR count). The molecule has 0 aliphatic rings. The summed E-state index contributed by atoms with van der Waals surface area (Å²) in [5.41, 5.74) is 0.873. The Balaban J connectivity index is 2.43. The molecule has 24 heavy (non-hydrogen) atoms. The maximum atomic E-state index is 12.5. The first kappa shape index (κ1) is 17.6. The quantitative estimate of drug-likeness (QED) is 0.645. The lowest BCUT2D eigenvalue weighted by Gasteiger charge is -2.16. The Labute approximate surface area is 139 Å². The molecule has 0 unspecified atom stereocenters. The fourth-order valence-electron chi connectivity index (χ4n) is 2.00. The second kappa shape index (κ2) is 6.40. The predicted molar refractivity (Wildman–Crippen MR) is 89.7 cm³/mol. The van der Waals surface area contributed by atoms with Crippen LogP contribution >= 0.6 is 0 Å². The van der Waals surface area contributed by atoms with Crippen LogP contribution in [0.25, 0.3) is 0 Å². The lowest BCUT2D eigenvalue weighted by Crippen LogP contribution is -2.19. The summed E-state index contributed by atoms with van der Waals surface area (Å²) in [6.07, 6.45) is 0. The number of nitrogens with one attached hydrogen (secondary N) is 1. The van der Waals surface area contributed by atoms with Crippen LogP contribution in [0.4, 0.5) is 17.3 Å². The minimum Gasteiger partial charge on any atom is -0.347 e. The Morgan fingerprint density at radius 1 is 1.17 bits per heavy atom. The van der Waals surface area contributed by atoms with E-state index in [1.165, 1.54) is 18.2 Å². The fraction of sp³-hybridized carbons (Fsp3) is 0.286. The Morgan fingerprint density at radius 2 is 1.75 bits per heavy atom. The molecular weight excluding hydrogens is 334 g/mol. The average molecular weight is 351 g/mol. The molecule has 1 aromatic heterocycles. The van der Waals surface area contributed by atoms with Crippen molar-refractivity contribution in [2.75, 3.05) is 23.7 Å².